The summed E-state index contributed by atoms with van der Waals surface area (Å²) < 4.78 is 32.4. The van der Waals surface area contributed by atoms with Crippen molar-refractivity contribution in [2.24, 2.45) is 5.92 Å². The fourth-order valence-electron chi connectivity index (χ4n) is 3.28. The number of ether oxygens (including phenoxy) is 1. The third kappa shape index (κ3) is 4.32. The molecule has 6 nitrogen and oxygen atoms in total. The quantitative estimate of drug-likeness (QED) is 0.797. The lowest BCUT2D eigenvalue weighted by atomic mass is 9.98. The molecule has 8 heteroatoms. The van der Waals surface area contributed by atoms with Crippen molar-refractivity contribution in [3.63, 3.8) is 0 Å². The Labute approximate surface area is 170 Å². The predicted octanol–water partition coefficient (Wildman–Crippen LogP) is 3.70. The lowest BCUT2D eigenvalue weighted by Crippen LogP contribution is -2.43. The van der Waals surface area contributed by atoms with E-state index >= 15 is 0 Å². The minimum absolute atomic E-state index is 0.151. The van der Waals surface area contributed by atoms with E-state index in [2.05, 4.69) is 5.32 Å². The molecule has 0 radical (unpaired) electrons. The van der Waals surface area contributed by atoms with Gasteiger partial charge in [-0.15, -0.1) is 0 Å². The van der Waals surface area contributed by atoms with Crippen LogP contribution in [-0.2, 0) is 14.8 Å². The van der Waals surface area contributed by atoms with Gasteiger partial charge in [0.15, 0.2) is 0 Å². The van der Waals surface area contributed by atoms with Gasteiger partial charge < -0.3 is 10.1 Å². The maximum Gasteiger partial charge on any atom is 0.243 e. The first-order valence-electron chi connectivity index (χ1n) is 9.03. The van der Waals surface area contributed by atoms with Crippen LogP contribution in [0, 0.1) is 12.8 Å². The summed E-state index contributed by atoms with van der Waals surface area (Å²) in [6.45, 7) is 2.40. The van der Waals surface area contributed by atoms with Crippen molar-refractivity contribution >= 4 is 33.2 Å². The average Bonchev–Trinajstić information content (AvgIpc) is 2.71. The van der Waals surface area contributed by atoms with Crippen molar-refractivity contribution in [1.29, 1.82) is 0 Å². The monoisotopic (exact) mass is 422 g/mol. The lowest BCUT2D eigenvalue weighted by Gasteiger charge is -2.31. The largest absolute Gasteiger partial charge is 0.495 e. The summed E-state index contributed by atoms with van der Waals surface area (Å²) in [7, 11) is -2.11. The number of methoxy groups -OCH3 is 1. The Hall–Kier alpha value is -2.09. The van der Waals surface area contributed by atoms with Crippen molar-refractivity contribution in [1.82, 2.24) is 4.31 Å². The van der Waals surface area contributed by atoms with Gasteiger partial charge >= 0.3 is 0 Å². The van der Waals surface area contributed by atoms with Crippen LogP contribution in [0.15, 0.2) is 47.4 Å². The third-order valence-electron chi connectivity index (χ3n) is 4.87. The highest BCUT2D eigenvalue weighted by atomic mass is 35.5. The van der Waals surface area contributed by atoms with Crippen LogP contribution in [0.3, 0.4) is 0 Å². The number of carbonyl (C=O) groups is 1. The van der Waals surface area contributed by atoms with Crippen LogP contribution in [0.5, 0.6) is 5.75 Å². The summed E-state index contributed by atoms with van der Waals surface area (Å²) in [6, 6.07) is 11.7. The van der Waals surface area contributed by atoms with E-state index in [0.29, 0.717) is 35.8 Å². The number of rotatable bonds is 5. The summed E-state index contributed by atoms with van der Waals surface area (Å²) in [5.74, 6) is -0.200. The normalized spacial score (nSPS) is 17.9. The first kappa shape index (κ1) is 20.6. The van der Waals surface area contributed by atoms with Crippen LogP contribution >= 0.6 is 11.6 Å². The SMILES string of the molecule is COc1cc(Cl)c(C)cc1NC(=O)C1CCCN(S(=O)(=O)c2ccccc2)C1. The number of sulfonamides is 1. The second-order valence-corrected chi connectivity index (χ2v) is 9.15. The highest BCUT2D eigenvalue weighted by Gasteiger charge is 2.33. The Bertz CT molecular complexity index is 964. The number of nitrogens with one attached hydrogen (secondary N) is 1. The summed E-state index contributed by atoms with van der Waals surface area (Å²) in [5, 5.41) is 3.42. The Morgan fingerprint density at radius 3 is 2.64 bits per heavy atom. The first-order chi connectivity index (χ1) is 13.3. The summed E-state index contributed by atoms with van der Waals surface area (Å²) in [5.41, 5.74) is 1.34. The molecule has 1 N–H and O–H groups in total. The van der Waals surface area contributed by atoms with Crippen molar-refractivity contribution < 1.29 is 17.9 Å². The molecular weight excluding hydrogens is 400 g/mol. The molecule has 0 bridgehead atoms. The Morgan fingerprint density at radius 2 is 1.96 bits per heavy atom. The zero-order chi connectivity index (χ0) is 20.3. The molecule has 2 aromatic rings. The number of benzene rings is 2. The molecule has 0 aromatic heterocycles. The minimum Gasteiger partial charge on any atom is -0.495 e. The fourth-order valence-corrected chi connectivity index (χ4v) is 4.98. The molecule has 1 fully saturated rings. The molecule has 28 heavy (non-hydrogen) atoms. The van der Waals surface area contributed by atoms with E-state index in [0.717, 1.165) is 5.56 Å². The molecule has 0 aliphatic carbocycles. The van der Waals surface area contributed by atoms with Crippen LogP contribution in [0.25, 0.3) is 0 Å². The molecule has 1 heterocycles. The minimum atomic E-state index is -3.62. The van der Waals surface area contributed by atoms with E-state index in [1.54, 1.807) is 42.5 Å². The van der Waals surface area contributed by atoms with Gasteiger partial charge in [0.05, 0.1) is 23.6 Å². The van der Waals surface area contributed by atoms with Gasteiger partial charge in [-0.3, -0.25) is 4.79 Å². The number of amides is 1. The number of aryl methyl sites for hydroxylation is 1. The molecule has 0 saturated carbocycles. The smallest absolute Gasteiger partial charge is 0.243 e. The second-order valence-electron chi connectivity index (χ2n) is 6.81. The predicted molar refractivity (Wildman–Crippen MR) is 109 cm³/mol. The zero-order valence-electron chi connectivity index (χ0n) is 15.8. The zero-order valence-corrected chi connectivity index (χ0v) is 17.4. The van der Waals surface area contributed by atoms with E-state index in [9.17, 15) is 13.2 Å². The maximum atomic E-state index is 12.9. The van der Waals surface area contributed by atoms with Crippen LogP contribution in [0.4, 0.5) is 5.69 Å². The number of carbonyl (C=O) groups excluding carboxylic acids is 1. The molecule has 3 rings (SSSR count). The summed E-state index contributed by atoms with van der Waals surface area (Å²) in [6.07, 6.45) is 1.25. The van der Waals surface area contributed by atoms with Gasteiger partial charge in [0, 0.05) is 24.2 Å². The van der Waals surface area contributed by atoms with Crippen LogP contribution in [0.2, 0.25) is 5.02 Å². The highest BCUT2D eigenvalue weighted by molar-refractivity contribution is 7.89. The van der Waals surface area contributed by atoms with Gasteiger partial charge in [-0.2, -0.15) is 4.31 Å². The van der Waals surface area contributed by atoms with Gasteiger partial charge in [0.1, 0.15) is 5.75 Å². The second kappa shape index (κ2) is 8.51. The summed E-state index contributed by atoms with van der Waals surface area (Å²) >= 11 is 6.11. The van der Waals surface area contributed by atoms with Crippen molar-refractivity contribution in [3.8, 4) is 5.75 Å². The number of anilines is 1. The van der Waals surface area contributed by atoms with Gasteiger partial charge in [-0.05, 0) is 43.5 Å². The number of piperidine rings is 1. The molecule has 1 aliphatic heterocycles. The molecule has 1 unspecified atom stereocenters. The number of halogens is 1. The molecule has 150 valence electrons. The Morgan fingerprint density at radius 1 is 1.25 bits per heavy atom. The first-order valence-corrected chi connectivity index (χ1v) is 10.8. The topological polar surface area (TPSA) is 75.7 Å². The van der Waals surface area contributed by atoms with Crippen molar-refractivity contribution in [2.75, 3.05) is 25.5 Å². The molecule has 1 saturated heterocycles. The highest BCUT2D eigenvalue weighted by Crippen LogP contribution is 2.32. The van der Waals surface area contributed by atoms with Gasteiger partial charge in [0.25, 0.3) is 0 Å². The Kier molecular flexibility index (Phi) is 6.27. The maximum absolute atomic E-state index is 12.9. The number of hydrogen-bond acceptors (Lipinski definition) is 4. The van der Waals surface area contributed by atoms with Crippen LogP contribution in [0.1, 0.15) is 18.4 Å². The van der Waals surface area contributed by atoms with Crippen LogP contribution in [-0.4, -0.2) is 38.8 Å². The van der Waals surface area contributed by atoms with Gasteiger partial charge in [-0.25, -0.2) is 8.42 Å². The van der Waals surface area contributed by atoms with E-state index in [4.69, 9.17) is 16.3 Å². The molecule has 0 spiro atoms. The van der Waals surface area contributed by atoms with E-state index in [1.165, 1.54) is 11.4 Å². The van der Waals surface area contributed by atoms with E-state index in [1.807, 2.05) is 6.92 Å². The third-order valence-corrected chi connectivity index (χ3v) is 7.16. The number of nitrogens with zero attached hydrogens (tertiary/aromatic N) is 1. The number of hydrogen-bond donors (Lipinski definition) is 1. The summed E-state index contributed by atoms with van der Waals surface area (Å²) in [4.78, 5) is 13.1. The standard InChI is InChI=1S/C20H23ClN2O4S/c1-14-11-18(19(27-2)12-17(14)21)22-20(24)15-7-6-10-23(13-15)28(25,26)16-8-4-3-5-9-16/h3-5,8-9,11-12,15H,6-7,10,13H2,1-2H3,(H,22,24). The Balaban J connectivity index is 1.76. The molecule has 1 amide bonds. The van der Waals surface area contributed by atoms with Crippen molar-refractivity contribution in [3.05, 3.63) is 53.1 Å². The average molecular weight is 423 g/mol. The fraction of sp³-hybridized carbons (Fsp3) is 0.350. The molecule has 2 aromatic carbocycles. The van der Waals surface area contributed by atoms with Gasteiger partial charge in [-0.1, -0.05) is 29.8 Å². The van der Waals surface area contributed by atoms with E-state index < -0.39 is 15.9 Å². The lowest BCUT2D eigenvalue weighted by molar-refractivity contribution is -0.120. The molecular formula is C20H23ClN2O4S. The molecule has 1 atom stereocenters. The van der Waals surface area contributed by atoms with E-state index in [-0.39, 0.29) is 17.3 Å². The van der Waals surface area contributed by atoms with Crippen LogP contribution < -0.4 is 10.1 Å². The van der Waals surface area contributed by atoms with Gasteiger partial charge in [0.2, 0.25) is 15.9 Å². The van der Waals surface area contributed by atoms with Crippen molar-refractivity contribution in [2.45, 2.75) is 24.7 Å². The molecule has 1 aliphatic rings.